The smallest absolute Gasteiger partial charge is 0.0351 e. The molecule has 0 aliphatic carbocycles. The molecule has 0 saturated heterocycles. The maximum Gasteiger partial charge on any atom is 0.0351 e. The van der Waals surface area contributed by atoms with Gasteiger partial charge in [0.25, 0.3) is 0 Å². The van der Waals surface area contributed by atoms with E-state index in [0.29, 0.717) is 23.5 Å². The molecule has 0 amide bonds. The minimum absolute atomic E-state index is 0.667. The summed E-state index contributed by atoms with van der Waals surface area (Å²) < 4.78 is 0. The Morgan fingerprint density at radius 1 is 0.526 bits per heavy atom. The predicted molar refractivity (Wildman–Crippen MR) is 93.1 cm³/mol. The van der Waals surface area contributed by atoms with E-state index < -0.39 is 0 Å². The fourth-order valence-corrected chi connectivity index (χ4v) is 3.57. The van der Waals surface area contributed by atoms with Gasteiger partial charge in [0.15, 0.2) is 0 Å². The van der Waals surface area contributed by atoms with Crippen molar-refractivity contribution in [3.8, 4) is 0 Å². The first kappa shape index (κ1) is 20.4. The zero-order valence-electron chi connectivity index (χ0n) is 11.3. The Labute approximate surface area is 142 Å². The van der Waals surface area contributed by atoms with Crippen LogP contribution < -0.4 is 0 Å². The van der Waals surface area contributed by atoms with Crippen LogP contribution in [0.1, 0.15) is 0 Å². The van der Waals surface area contributed by atoms with Crippen molar-refractivity contribution in [2.75, 3.05) is 74.3 Å². The molecule has 0 fully saturated rings. The van der Waals surface area contributed by atoms with Crippen molar-refractivity contribution in [2.45, 2.75) is 0 Å². The van der Waals surface area contributed by atoms with Crippen molar-refractivity contribution in [3.63, 3.8) is 0 Å². The highest BCUT2D eigenvalue weighted by atomic mass is 35.5. The van der Waals surface area contributed by atoms with Gasteiger partial charge < -0.3 is 9.80 Å². The number of nitrogens with zero attached hydrogens (tertiary/aromatic N) is 2. The van der Waals surface area contributed by atoms with Crippen LogP contribution in [0.3, 0.4) is 0 Å². The molecule has 0 aliphatic rings. The second-order valence-electron chi connectivity index (χ2n) is 4.05. The topological polar surface area (TPSA) is 6.48 Å². The van der Waals surface area contributed by atoms with E-state index in [1.807, 2.05) is 11.8 Å². The molecular weight excluding hydrogens is 346 g/mol. The van der Waals surface area contributed by atoms with Crippen LogP contribution in [0.4, 0.5) is 0 Å². The lowest BCUT2D eigenvalue weighted by Gasteiger charge is -2.21. The zero-order chi connectivity index (χ0) is 14.3. The quantitative estimate of drug-likeness (QED) is 0.342. The fourth-order valence-electron chi connectivity index (χ4n) is 1.64. The Morgan fingerprint density at radius 2 is 0.842 bits per heavy atom. The first-order valence-electron chi connectivity index (χ1n) is 6.54. The largest absolute Gasteiger partial charge is 0.300 e. The molecule has 0 aromatic heterocycles. The van der Waals surface area contributed by atoms with Crippen molar-refractivity contribution in [1.29, 1.82) is 0 Å². The molecule has 0 rings (SSSR count). The van der Waals surface area contributed by atoms with E-state index >= 15 is 0 Å². The van der Waals surface area contributed by atoms with E-state index in [1.165, 1.54) is 0 Å². The number of thioether (sulfide) groups is 1. The fraction of sp³-hybridized carbons (Fsp3) is 1.00. The maximum absolute atomic E-state index is 5.76. The Morgan fingerprint density at radius 3 is 1.11 bits per heavy atom. The van der Waals surface area contributed by atoms with Gasteiger partial charge in [0.2, 0.25) is 0 Å². The summed E-state index contributed by atoms with van der Waals surface area (Å²) in [5.74, 6) is 4.90. The van der Waals surface area contributed by atoms with Crippen LogP contribution in [0.2, 0.25) is 0 Å². The van der Waals surface area contributed by atoms with Gasteiger partial charge >= 0.3 is 0 Å². The van der Waals surface area contributed by atoms with Crippen LogP contribution in [-0.4, -0.2) is 84.1 Å². The molecule has 0 bridgehead atoms. The van der Waals surface area contributed by atoms with Gasteiger partial charge in [-0.1, -0.05) is 0 Å². The molecule has 0 aliphatic heterocycles. The number of alkyl halides is 4. The second kappa shape index (κ2) is 15.8. The minimum atomic E-state index is 0.667. The average molecular weight is 370 g/mol. The van der Waals surface area contributed by atoms with Crippen LogP contribution in [0.15, 0.2) is 0 Å². The summed E-state index contributed by atoms with van der Waals surface area (Å²) in [6.45, 7) is 5.77. The van der Waals surface area contributed by atoms with Crippen molar-refractivity contribution in [3.05, 3.63) is 0 Å². The summed E-state index contributed by atoms with van der Waals surface area (Å²) in [4.78, 5) is 4.62. The highest BCUT2D eigenvalue weighted by molar-refractivity contribution is 7.99. The second-order valence-corrected chi connectivity index (χ2v) is 6.79. The van der Waals surface area contributed by atoms with Crippen molar-refractivity contribution >= 4 is 58.2 Å². The van der Waals surface area contributed by atoms with E-state index in [-0.39, 0.29) is 0 Å². The molecule has 0 N–H and O–H groups in total. The number of halogens is 4. The van der Waals surface area contributed by atoms with Gasteiger partial charge in [-0.15, -0.1) is 46.4 Å². The summed E-state index contributed by atoms with van der Waals surface area (Å²) in [7, 11) is 0. The Bertz CT molecular complexity index is 159. The molecule has 0 spiro atoms. The lowest BCUT2D eigenvalue weighted by atomic mass is 10.5. The Kier molecular flexibility index (Phi) is 17.0. The molecule has 2 nitrogen and oxygen atoms in total. The number of hydrogen-bond acceptors (Lipinski definition) is 3. The third-order valence-electron chi connectivity index (χ3n) is 2.71. The van der Waals surface area contributed by atoms with Crippen molar-refractivity contribution < 1.29 is 0 Å². The van der Waals surface area contributed by atoms with Crippen LogP contribution in [0, 0.1) is 0 Å². The first-order chi connectivity index (χ1) is 9.28. The summed E-state index contributed by atoms with van der Waals surface area (Å²) in [5, 5.41) is 0. The van der Waals surface area contributed by atoms with Gasteiger partial charge in [0.1, 0.15) is 0 Å². The zero-order valence-corrected chi connectivity index (χ0v) is 15.1. The summed E-state index contributed by atoms with van der Waals surface area (Å²) >= 11 is 25.0. The standard InChI is InChI=1S/C12H24Cl4N2S/c13-1-5-17(6-2-14)9-11-19-12-10-18(7-3-15)8-4-16/h1-12H2. The lowest BCUT2D eigenvalue weighted by molar-refractivity contribution is 0.324. The van der Waals surface area contributed by atoms with Gasteiger partial charge in [-0.3, -0.25) is 0 Å². The highest BCUT2D eigenvalue weighted by Gasteiger charge is 2.05. The SMILES string of the molecule is ClCCN(CCCl)CCSCCN(CCCl)CCCl. The van der Waals surface area contributed by atoms with Crippen LogP contribution in [0.25, 0.3) is 0 Å². The van der Waals surface area contributed by atoms with E-state index in [4.69, 9.17) is 46.4 Å². The number of hydrogen-bond donors (Lipinski definition) is 0. The van der Waals surface area contributed by atoms with Gasteiger partial charge in [-0.2, -0.15) is 11.8 Å². The first-order valence-corrected chi connectivity index (χ1v) is 9.84. The van der Waals surface area contributed by atoms with E-state index in [9.17, 15) is 0 Å². The molecule has 0 atom stereocenters. The summed E-state index contributed by atoms with van der Waals surface area (Å²) in [6.07, 6.45) is 0. The van der Waals surface area contributed by atoms with E-state index in [0.717, 1.165) is 50.8 Å². The molecule has 0 aromatic carbocycles. The Balaban J connectivity index is 3.59. The molecule has 19 heavy (non-hydrogen) atoms. The van der Waals surface area contributed by atoms with Crippen LogP contribution in [-0.2, 0) is 0 Å². The molecule has 7 heteroatoms. The third-order valence-corrected chi connectivity index (χ3v) is 4.33. The molecule has 116 valence electrons. The van der Waals surface area contributed by atoms with Gasteiger partial charge in [0, 0.05) is 74.3 Å². The molecule has 0 unspecified atom stereocenters. The molecule has 0 saturated carbocycles. The van der Waals surface area contributed by atoms with Crippen LogP contribution >= 0.6 is 58.2 Å². The monoisotopic (exact) mass is 368 g/mol. The normalized spacial score (nSPS) is 11.7. The highest BCUT2D eigenvalue weighted by Crippen LogP contribution is 2.04. The van der Waals surface area contributed by atoms with E-state index in [2.05, 4.69) is 9.80 Å². The lowest BCUT2D eigenvalue weighted by Crippen LogP contribution is -2.31. The Hall–Kier alpha value is 1.43. The summed E-state index contributed by atoms with van der Waals surface area (Å²) in [5.41, 5.74) is 0. The van der Waals surface area contributed by atoms with Gasteiger partial charge in [-0.05, 0) is 0 Å². The van der Waals surface area contributed by atoms with Gasteiger partial charge in [-0.25, -0.2) is 0 Å². The maximum atomic E-state index is 5.76. The van der Waals surface area contributed by atoms with Gasteiger partial charge in [0.05, 0.1) is 0 Å². The number of rotatable bonds is 14. The van der Waals surface area contributed by atoms with Crippen molar-refractivity contribution in [2.24, 2.45) is 0 Å². The van der Waals surface area contributed by atoms with Crippen LogP contribution in [0.5, 0.6) is 0 Å². The molecule has 0 aromatic rings. The van der Waals surface area contributed by atoms with E-state index in [1.54, 1.807) is 0 Å². The van der Waals surface area contributed by atoms with Crippen molar-refractivity contribution in [1.82, 2.24) is 9.80 Å². The third kappa shape index (κ3) is 12.9. The average Bonchev–Trinajstić information content (AvgIpc) is 2.39. The minimum Gasteiger partial charge on any atom is -0.300 e. The molecular formula is C12H24Cl4N2S. The molecule has 0 radical (unpaired) electrons. The molecule has 0 heterocycles. The summed E-state index contributed by atoms with van der Waals surface area (Å²) in [6, 6.07) is 0. The predicted octanol–water partition coefficient (Wildman–Crippen LogP) is 3.28.